The molecule has 0 saturated carbocycles. The Kier molecular flexibility index (Phi) is 6.76. The molecule has 1 atom stereocenters. The maximum atomic E-state index is 6.22. The summed E-state index contributed by atoms with van der Waals surface area (Å²) in [6.45, 7) is 2.79. The summed E-state index contributed by atoms with van der Waals surface area (Å²) in [5.74, 6) is 1.62. The van der Waals surface area contributed by atoms with Crippen molar-refractivity contribution < 1.29 is 4.42 Å². The van der Waals surface area contributed by atoms with Gasteiger partial charge >= 0.3 is 0 Å². The molecule has 1 aromatic heterocycles. The van der Waals surface area contributed by atoms with E-state index in [1.54, 1.807) is 12.1 Å². The molecule has 0 bridgehead atoms. The van der Waals surface area contributed by atoms with E-state index in [1.165, 1.54) is 5.56 Å². The third-order valence-electron chi connectivity index (χ3n) is 3.74. The monoisotopic (exact) mass is 381 g/mol. The van der Waals surface area contributed by atoms with Gasteiger partial charge in [-0.3, -0.25) is 0 Å². The molecule has 0 spiro atoms. The zero-order valence-electron chi connectivity index (χ0n) is 13.1. The molecule has 0 saturated heterocycles. The van der Waals surface area contributed by atoms with Crippen LogP contribution in [0.2, 0.25) is 10.0 Å². The summed E-state index contributed by atoms with van der Waals surface area (Å²) in [5, 5.41) is 4.66. The minimum Gasteiger partial charge on any atom is -0.460 e. The largest absolute Gasteiger partial charge is 0.460 e. The van der Waals surface area contributed by atoms with Crippen LogP contribution in [-0.2, 0) is 6.54 Å². The molecule has 1 unspecified atom stereocenters. The van der Waals surface area contributed by atoms with Crippen LogP contribution in [0.25, 0.3) is 11.3 Å². The van der Waals surface area contributed by atoms with Gasteiger partial charge in [0, 0.05) is 16.6 Å². The van der Waals surface area contributed by atoms with E-state index < -0.39 is 0 Å². The molecule has 2 aromatic carbocycles. The van der Waals surface area contributed by atoms with Gasteiger partial charge < -0.3 is 9.73 Å². The van der Waals surface area contributed by atoms with Crippen LogP contribution >= 0.6 is 35.6 Å². The molecule has 0 aliphatic carbocycles. The number of nitrogens with one attached hydrogen (secondary N) is 1. The normalized spacial score (nSPS) is 11.8. The number of hydrogen-bond donors (Lipinski definition) is 1. The number of halogens is 3. The van der Waals surface area contributed by atoms with E-state index >= 15 is 0 Å². The minimum absolute atomic E-state index is 0. The van der Waals surface area contributed by atoms with Crippen molar-refractivity contribution >= 4 is 35.6 Å². The molecule has 1 N–H and O–H groups in total. The highest BCUT2D eigenvalue weighted by molar-refractivity contribution is 6.36. The molecule has 0 aliphatic rings. The molecule has 0 aliphatic heterocycles. The Hall–Kier alpha value is -1.45. The number of hydrogen-bond acceptors (Lipinski definition) is 2. The Morgan fingerprint density at radius 3 is 2.46 bits per heavy atom. The topological polar surface area (TPSA) is 25.2 Å². The summed E-state index contributed by atoms with van der Waals surface area (Å²) < 4.78 is 5.89. The van der Waals surface area contributed by atoms with E-state index in [9.17, 15) is 0 Å². The summed E-state index contributed by atoms with van der Waals surface area (Å²) >= 11 is 12.1. The summed E-state index contributed by atoms with van der Waals surface area (Å²) in [6, 6.07) is 19.9. The zero-order valence-corrected chi connectivity index (χ0v) is 15.5. The van der Waals surface area contributed by atoms with Crippen LogP contribution in [0.5, 0.6) is 0 Å². The molecule has 0 amide bonds. The lowest BCUT2D eigenvalue weighted by Crippen LogP contribution is -2.17. The molecule has 0 radical (unpaired) electrons. The van der Waals surface area contributed by atoms with E-state index in [4.69, 9.17) is 27.6 Å². The lowest BCUT2D eigenvalue weighted by atomic mass is 10.1. The van der Waals surface area contributed by atoms with Gasteiger partial charge in [-0.05, 0) is 42.8 Å². The molecule has 1 heterocycles. The van der Waals surface area contributed by atoms with Crippen LogP contribution in [0.4, 0.5) is 0 Å². The SMILES string of the molecule is CC(NCc1ccc(-c2ccc(Cl)cc2Cl)o1)c1ccccc1.Cl. The minimum atomic E-state index is 0. The van der Waals surface area contributed by atoms with E-state index in [2.05, 4.69) is 24.4 Å². The van der Waals surface area contributed by atoms with Gasteiger partial charge in [-0.2, -0.15) is 0 Å². The van der Waals surface area contributed by atoms with Gasteiger partial charge in [0.2, 0.25) is 0 Å². The van der Waals surface area contributed by atoms with Crippen LogP contribution in [0.15, 0.2) is 65.1 Å². The van der Waals surface area contributed by atoms with Gasteiger partial charge in [0.05, 0.1) is 11.6 Å². The Morgan fingerprint density at radius 2 is 1.75 bits per heavy atom. The smallest absolute Gasteiger partial charge is 0.135 e. The van der Waals surface area contributed by atoms with Crippen molar-refractivity contribution in [1.29, 1.82) is 0 Å². The molecule has 3 rings (SSSR count). The average Bonchev–Trinajstić information content (AvgIpc) is 3.02. The maximum absolute atomic E-state index is 6.22. The van der Waals surface area contributed by atoms with Crippen LogP contribution in [0.3, 0.4) is 0 Å². The van der Waals surface area contributed by atoms with Crippen molar-refractivity contribution in [1.82, 2.24) is 5.32 Å². The number of benzene rings is 2. The van der Waals surface area contributed by atoms with Crippen LogP contribution in [0, 0.1) is 0 Å². The van der Waals surface area contributed by atoms with Gasteiger partial charge in [0.1, 0.15) is 11.5 Å². The van der Waals surface area contributed by atoms with Gasteiger partial charge in [-0.1, -0.05) is 53.5 Å². The summed E-state index contributed by atoms with van der Waals surface area (Å²) in [6.07, 6.45) is 0. The van der Waals surface area contributed by atoms with Crippen molar-refractivity contribution in [3.05, 3.63) is 82.0 Å². The van der Waals surface area contributed by atoms with Crippen molar-refractivity contribution in [2.75, 3.05) is 0 Å². The van der Waals surface area contributed by atoms with Gasteiger partial charge in [-0.15, -0.1) is 12.4 Å². The van der Waals surface area contributed by atoms with Crippen LogP contribution in [0.1, 0.15) is 24.3 Å². The fraction of sp³-hybridized carbons (Fsp3) is 0.158. The quantitative estimate of drug-likeness (QED) is 0.543. The summed E-state index contributed by atoms with van der Waals surface area (Å²) in [5.41, 5.74) is 2.10. The fourth-order valence-corrected chi connectivity index (χ4v) is 2.92. The second kappa shape index (κ2) is 8.59. The Bertz CT molecular complexity index is 786. The third-order valence-corrected chi connectivity index (χ3v) is 4.29. The van der Waals surface area contributed by atoms with E-state index in [1.807, 2.05) is 36.4 Å². The van der Waals surface area contributed by atoms with Gasteiger partial charge in [-0.25, -0.2) is 0 Å². The Morgan fingerprint density at radius 1 is 1.00 bits per heavy atom. The van der Waals surface area contributed by atoms with Crippen molar-refractivity contribution in [3.8, 4) is 11.3 Å². The first-order valence-electron chi connectivity index (χ1n) is 7.46. The van der Waals surface area contributed by atoms with Crippen LogP contribution < -0.4 is 5.32 Å². The molecule has 2 nitrogen and oxygen atoms in total. The first-order chi connectivity index (χ1) is 11.1. The predicted octanol–water partition coefficient (Wildman–Crippen LogP) is 6.53. The second-order valence-corrected chi connectivity index (χ2v) is 6.25. The molecule has 126 valence electrons. The van der Waals surface area contributed by atoms with E-state index in [-0.39, 0.29) is 18.4 Å². The van der Waals surface area contributed by atoms with Gasteiger partial charge in [0.25, 0.3) is 0 Å². The van der Waals surface area contributed by atoms with E-state index in [0.717, 1.165) is 17.1 Å². The predicted molar refractivity (Wildman–Crippen MR) is 103 cm³/mol. The van der Waals surface area contributed by atoms with Crippen molar-refractivity contribution in [3.63, 3.8) is 0 Å². The molecule has 5 heteroatoms. The molecule has 0 fully saturated rings. The average molecular weight is 383 g/mol. The Labute approximate surface area is 158 Å². The Balaban J connectivity index is 0.00000208. The number of furan rings is 1. The lowest BCUT2D eigenvalue weighted by molar-refractivity contribution is 0.468. The maximum Gasteiger partial charge on any atom is 0.135 e. The zero-order chi connectivity index (χ0) is 16.2. The highest BCUT2D eigenvalue weighted by Crippen LogP contribution is 2.31. The standard InChI is InChI=1S/C19H17Cl2NO.ClH/c1-13(14-5-3-2-4-6-14)22-12-16-8-10-19(23-16)17-9-7-15(20)11-18(17)21;/h2-11,13,22H,12H2,1H3;1H. The van der Waals surface area contributed by atoms with Crippen molar-refractivity contribution in [2.45, 2.75) is 19.5 Å². The van der Waals surface area contributed by atoms with Gasteiger partial charge in [0.15, 0.2) is 0 Å². The van der Waals surface area contributed by atoms with Crippen molar-refractivity contribution in [2.24, 2.45) is 0 Å². The molecule has 24 heavy (non-hydrogen) atoms. The fourth-order valence-electron chi connectivity index (χ4n) is 2.42. The van der Waals surface area contributed by atoms with E-state index in [0.29, 0.717) is 16.6 Å². The molecular weight excluding hydrogens is 365 g/mol. The third kappa shape index (κ3) is 4.55. The highest BCUT2D eigenvalue weighted by Gasteiger charge is 2.10. The molecular formula is C19H18Cl3NO. The first-order valence-corrected chi connectivity index (χ1v) is 8.21. The lowest BCUT2D eigenvalue weighted by Gasteiger charge is -2.13. The summed E-state index contributed by atoms with van der Waals surface area (Å²) in [4.78, 5) is 0. The second-order valence-electron chi connectivity index (χ2n) is 5.40. The highest BCUT2D eigenvalue weighted by atomic mass is 35.5. The first kappa shape index (κ1) is 18.9. The summed E-state index contributed by atoms with van der Waals surface area (Å²) in [7, 11) is 0. The number of rotatable bonds is 5. The van der Waals surface area contributed by atoms with Crippen LogP contribution in [-0.4, -0.2) is 0 Å². The molecule has 3 aromatic rings.